The highest BCUT2D eigenvalue weighted by Crippen LogP contribution is 2.12. The number of hydrogen-bond acceptors (Lipinski definition) is 4. The van der Waals surface area contributed by atoms with Crippen molar-refractivity contribution in [1.29, 1.82) is 0 Å². The standard InChI is InChI=1S/C13H19NO3S/c1-14(9-8-13(16)17-2)12(15)7-3-5-11-6-4-10-18-11/h4,6,10H,3,5,7-9H2,1-2H3. The second-order valence-electron chi connectivity index (χ2n) is 4.07. The van der Waals surface area contributed by atoms with E-state index in [1.165, 1.54) is 12.0 Å². The van der Waals surface area contributed by atoms with Crippen LogP contribution in [0.5, 0.6) is 0 Å². The Morgan fingerprint density at radius 2 is 2.17 bits per heavy atom. The minimum absolute atomic E-state index is 0.0791. The summed E-state index contributed by atoms with van der Waals surface area (Å²) in [6.07, 6.45) is 2.56. The molecule has 5 heteroatoms. The van der Waals surface area contributed by atoms with Gasteiger partial charge in [0.25, 0.3) is 0 Å². The van der Waals surface area contributed by atoms with Gasteiger partial charge in [0.15, 0.2) is 0 Å². The first-order chi connectivity index (χ1) is 8.63. The number of methoxy groups -OCH3 is 1. The van der Waals surface area contributed by atoms with E-state index in [4.69, 9.17) is 0 Å². The van der Waals surface area contributed by atoms with Crippen molar-refractivity contribution in [2.75, 3.05) is 20.7 Å². The first-order valence-corrected chi connectivity index (χ1v) is 6.84. The fourth-order valence-electron chi connectivity index (χ4n) is 1.55. The molecule has 0 saturated heterocycles. The number of nitrogens with zero attached hydrogens (tertiary/aromatic N) is 1. The lowest BCUT2D eigenvalue weighted by Gasteiger charge is -2.16. The van der Waals surface area contributed by atoms with Gasteiger partial charge in [-0.2, -0.15) is 0 Å². The summed E-state index contributed by atoms with van der Waals surface area (Å²) in [7, 11) is 3.07. The number of hydrogen-bond donors (Lipinski definition) is 0. The molecule has 0 aliphatic heterocycles. The van der Waals surface area contributed by atoms with Crippen molar-refractivity contribution in [3.63, 3.8) is 0 Å². The van der Waals surface area contributed by atoms with Gasteiger partial charge in [-0.15, -0.1) is 11.3 Å². The first-order valence-electron chi connectivity index (χ1n) is 5.96. The summed E-state index contributed by atoms with van der Waals surface area (Å²) >= 11 is 1.71. The van der Waals surface area contributed by atoms with E-state index in [0.717, 1.165) is 12.8 Å². The molecule has 0 N–H and O–H groups in total. The molecule has 1 aromatic heterocycles. The summed E-state index contributed by atoms with van der Waals surface area (Å²) in [6.45, 7) is 0.421. The van der Waals surface area contributed by atoms with Gasteiger partial charge in [0.1, 0.15) is 0 Å². The Morgan fingerprint density at radius 3 is 2.78 bits per heavy atom. The van der Waals surface area contributed by atoms with E-state index in [1.807, 2.05) is 11.4 Å². The molecule has 0 saturated carbocycles. The third-order valence-electron chi connectivity index (χ3n) is 2.70. The summed E-state index contributed by atoms with van der Waals surface area (Å²) in [4.78, 5) is 25.6. The molecular formula is C13H19NO3S. The van der Waals surface area contributed by atoms with E-state index in [1.54, 1.807) is 23.3 Å². The Kier molecular flexibility index (Phi) is 6.43. The number of esters is 1. The summed E-state index contributed by atoms with van der Waals surface area (Å²) in [5, 5.41) is 2.04. The first kappa shape index (κ1) is 14.7. The van der Waals surface area contributed by atoms with Crippen molar-refractivity contribution < 1.29 is 14.3 Å². The van der Waals surface area contributed by atoms with E-state index in [2.05, 4.69) is 10.8 Å². The lowest BCUT2D eigenvalue weighted by atomic mass is 10.2. The van der Waals surface area contributed by atoms with Gasteiger partial charge >= 0.3 is 5.97 Å². The van der Waals surface area contributed by atoms with Crippen LogP contribution in [0.15, 0.2) is 17.5 Å². The second kappa shape index (κ2) is 7.87. The van der Waals surface area contributed by atoms with Gasteiger partial charge in [-0.05, 0) is 24.3 Å². The molecule has 0 unspecified atom stereocenters. The van der Waals surface area contributed by atoms with E-state index < -0.39 is 0 Å². The highest BCUT2D eigenvalue weighted by atomic mass is 32.1. The zero-order valence-corrected chi connectivity index (χ0v) is 11.7. The lowest BCUT2D eigenvalue weighted by molar-refractivity contribution is -0.141. The molecule has 0 aliphatic carbocycles. The fourth-order valence-corrected chi connectivity index (χ4v) is 2.30. The minimum atomic E-state index is -0.284. The predicted octanol–water partition coefficient (Wildman–Crippen LogP) is 2.09. The van der Waals surface area contributed by atoms with E-state index in [0.29, 0.717) is 13.0 Å². The van der Waals surface area contributed by atoms with Crippen LogP contribution >= 0.6 is 11.3 Å². The van der Waals surface area contributed by atoms with Crippen LogP contribution in [-0.2, 0) is 20.7 Å². The molecule has 18 heavy (non-hydrogen) atoms. The highest BCUT2D eigenvalue weighted by Gasteiger charge is 2.10. The van der Waals surface area contributed by atoms with Gasteiger partial charge in [0, 0.05) is 24.9 Å². The number of amides is 1. The zero-order chi connectivity index (χ0) is 13.4. The molecular weight excluding hydrogens is 250 g/mol. The molecule has 0 fully saturated rings. The van der Waals surface area contributed by atoms with Gasteiger partial charge in [0.2, 0.25) is 5.91 Å². The van der Waals surface area contributed by atoms with Crippen LogP contribution < -0.4 is 0 Å². The molecule has 0 bridgehead atoms. The van der Waals surface area contributed by atoms with Crippen molar-refractivity contribution in [1.82, 2.24) is 4.90 Å². The van der Waals surface area contributed by atoms with Crippen LogP contribution in [0.4, 0.5) is 0 Å². The molecule has 0 atom stereocenters. The smallest absolute Gasteiger partial charge is 0.307 e. The minimum Gasteiger partial charge on any atom is -0.469 e. The Labute approximate surface area is 112 Å². The van der Waals surface area contributed by atoms with Crippen molar-refractivity contribution >= 4 is 23.2 Å². The predicted molar refractivity (Wildman–Crippen MR) is 71.5 cm³/mol. The summed E-state index contributed by atoms with van der Waals surface area (Å²) in [6, 6.07) is 4.10. The number of rotatable bonds is 7. The summed E-state index contributed by atoms with van der Waals surface area (Å²) < 4.78 is 4.53. The Hall–Kier alpha value is -1.36. The molecule has 4 nitrogen and oxygen atoms in total. The van der Waals surface area contributed by atoms with E-state index in [9.17, 15) is 9.59 Å². The molecule has 1 rings (SSSR count). The van der Waals surface area contributed by atoms with E-state index in [-0.39, 0.29) is 18.3 Å². The maximum atomic E-state index is 11.7. The van der Waals surface area contributed by atoms with Crippen molar-refractivity contribution in [2.45, 2.75) is 25.7 Å². The molecule has 0 radical (unpaired) electrons. The van der Waals surface area contributed by atoms with Gasteiger partial charge in [-0.25, -0.2) is 0 Å². The zero-order valence-electron chi connectivity index (χ0n) is 10.8. The molecule has 1 aromatic rings. The Balaban J connectivity index is 2.17. The Morgan fingerprint density at radius 1 is 1.39 bits per heavy atom. The number of ether oxygens (including phenoxy) is 1. The van der Waals surface area contributed by atoms with Gasteiger partial charge in [-0.1, -0.05) is 6.07 Å². The van der Waals surface area contributed by atoms with Crippen molar-refractivity contribution in [3.8, 4) is 0 Å². The van der Waals surface area contributed by atoms with Gasteiger partial charge in [-0.3, -0.25) is 9.59 Å². The molecule has 0 aromatic carbocycles. The van der Waals surface area contributed by atoms with E-state index >= 15 is 0 Å². The largest absolute Gasteiger partial charge is 0.469 e. The van der Waals surface area contributed by atoms with Crippen LogP contribution in [0.25, 0.3) is 0 Å². The maximum Gasteiger partial charge on any atom is 0.307 e. The fraction of sp³-hybridized carbons (Fsp3) is 0.538. The average molecular weight is 269 g/mol. The third kappa shape index (κ3) is 5.31. The van der Waals surface area contributed by atoms with Crippen molar-refractivity contribution in [2.24, 2.45) is 0 Å². The molecule has 1 amide bonds. The number of carbonyl (C=O) groups excluding carboxylic acids is 2. The lowest BCUT2D eigenvalue weighted by Crippen LogP contribution is -2.29. The van der Waals surface area contributed by atoms with Crippen LogP contribution in [0.2, 0.25) is 0 Å². The number of carbonyl (C=O) groups is 2. The molecule has 0 aliphatic rings. The molecule has 0 spiro atoms. The third-order valence-corrected chi connectivity index (χ3v) is 3.63. The molecule has 1 heterocycles. The van der Waals surface area contributed by atoms with Crippen LogP contribution in [0, 0.1) is 0 Å². The van der Waals surface area contributed by atoms with Gasteiger partial charge in [0.05, 0.1) is 13.5 Å². The highest BCUT2D eigenvalue weighted by molar-refractivity contribution is 7.09. The Bertz CT molecular complexity index is 376. The summed E-state index contributed by atoms with van der Waals surface area (Å²) in [5.74, 6) is -0.205. The average Bonchev–Trinajstić information content (AvgIpc) is 2.88. The number of thiophene rings is 1. The van der Waals surface area contributed by atoms with Gasteiger partial charge < -0.3 is 9.64 Å². The monoisotopic (exact) mass is 269 g/mol. The number of aryl methyl sites for hydroxylation is 1. The summed E-state index contributed by atoms with van der Waals surface area (Å²) in [5.41, 5.74) is 0. The topological polar surface area (TPSA) is 46.6 Å². The van der Waals surface area contributed by atoms with Crippen LogP contribution in [-0.4, -0.2) is 37.5 Å². The van der Waals surface area contributed by atoms with Crippen LogP contribution in [0.3, 0.4) is 0 Å². The second-order valence-corrected chi connectivity index (χ2v) is 5.11. The quantitative estimate of drug-likeness (QED) is 0.712. The normalized spacial score (nSPS) is 10.1. The van der Waals surface area contributed by atoms with Crippen molar-refractivity contribution in [3.05, 3.63) is 22.4 Å². The SMILES string of the molecule is COC(=O)CCN(C)C(=O)CCCc1cccs1. The van der Waals surface area contributed by atoms with Crippen LogP contribution in [0.1, 0.15) is 24.1 Å². The molecule has 100 valence electrons. The maximum absolute atomic E-state index is 11.7.